The lowest BCUT2D eigenvalue weighted by Gasteiger charge is -2.10. The lowest BCUT2D eigenvalue weighted by Crippen LogP contribution is -2.15. The lowest BCUT2D eigenvalue weighted by atomic mass is 10.3. The molecule has 1 heterocycles. The molecular formula is C9H14N2O3S. The van der Waals surface area contributed by atoms with Gasteiger partial charge in [0, 0.05) is 6.20 Å². The molecule has 0 aliphatic heterocycles. The number of aromatic nitrogens is 1. The highest BCUT2D eigenvalue weighted by molar-refractivity contribution is 7.92. The van der Waals surface area contributed by atoms with E-state index in [1.807, 2.05) is 6.92 Å². The van der Waals surface area contributed by atoms with E-state index in [4.69, 9.17) is 4.74 Å². The summed E-state index contributed by atoms with van der Waals surface area (Å²) >= 11 is 0. The third kappa shape index (κ3) is 3.09. The van der Waals surface area contributed by atoms with Gasteiger partial charge < -0.3 is 4.74 Å². The van der Waals surface area contributed by atoms with Gasteiger partial charge in [0.05, 0.1) is 12.9 Å². The van der Waals surface area contributed by atoms with Crippen LogP contribution in [0.3, 0.4) is 0 Å². The number of pyridine rings is 1. The molecule has 0 aromatic carbocycles. The van der Waals surface area contributed by atoms with E-state index >= 15 is 0 Å². The molecule has 0 saturated carbocycles. The molecule has 1 aromatic rings. The van der Waals surface area contributed by atoms with Crippen molar-refractivity contribution < 1.29 is 13.2 Å². The maximum absolute atomic E-state index is 11.4. The van der Waals surface area contributed by atoms with Gasteiger partial charge in [0.25, 0.3) is 0 Å². The number of sulfonamides is 1. The third-order valence-electron chi connectivity index (χ3n) is 1.83. The van der Waals surface area contributed by atoms with E-state index in [-0.39, 0.29) is 11.6 Å². The summed E-state index contributed by atoms with van der Waals surface area (Å²) < 4.78 is 30.1. The lowest BCUT2D eigenvalue weighted by molar-refractivity contribution is 0.400. The van der Waals surface area contributed by atoms with Crippen LogP contribution >= 0.6 is 0 Å². The number of methoxy groups -OCH3 is 1. The fourth-order valence-corrected chi connectivity index (χ4v) is 1.66. The second-order valence-corrected chi connectivity index (χ2v) is 5.09. The van der Waals surface area contributed by atoms with Gasteiger partial charge in [-0.05, 0) is 25.5 Å². The minimum atomic E-state index is -3.29. The zero-order valence-corrected chi connectivity index (χ0v) is 9.76. The molecule has 0 atom stereocenters. The number of nitrogens with one attached hydrogen (secondary N) is 1. The molecule has 5 nitrogen and oxygen atoms in total. The monoisotopic (exact) mass is 230 g/mol. The molecule has 0 spiro atoms. The summed E-state index contributed by atoms with van der Waals surface area (Å²) in [7, 11) is -1.85. The van der Waals surface area contributed by atoms with Gasteiger partial charge in [-0.15, -0.1) is 0 Å². The Balaban J connectivity index is 3.08. The zero-order chi connectivity index (χ0) is 11.5. The highest BCUT2D eigenvalue weighted by atomic mass is 32.2. The first-order chi connectivity index (χ1) is 6.98. The van der Waals surface area contributed by atoms with Gasteiger partial charge in [-0.3, -0.25) is 4.72 Å². The summed E-state index contributed by atoms with van der Waals surface area (Å²) in [6, 6.07) is 1.68. The molecule has 0 fully saturated rings. The fraction of sp³-hybridized carbons (Fsp3) is 0.444. The van der Waals surface area contributed by atoms with Crippen LogP contribution in [0.15, 0.2) is 12.3 Å². The summed E-state index contributed by atoms with van der Waals surface area (Å²) in [5, 5.41) is 0. The number of aryl methyl sites for hydroxylation is 1. The Kier molecular flexibility index (Phi) is 3.52. The second kappa shape index (κ2) is 4.48. The maximum atomic E-state index is 11.4. The molecule has 0 amide bonds. The molecule has 1 aromatic heterocycles. The van der Waals surface area contributed by atoms with Gasteiger partial charge in [0.2, 0.25) is 15.9 Å². The minimum Gasteiger partial charge on any atom is -0.480 e. The van der Waals surface area contributed by atoms with E-state index in [2.05, 4.69) is 9.71 Å². The Hall–Kier alpha value is -1.30. The Morgan fingerprint density at radius 1 is 1.53 bits per heavy atom. The molecule has 6 heteroatoms. The number of anilines is 1. The molecule has 0 bridgehead atoms. The molecule has 15 heavy (non-hydrogen) atoms. The molecule has 84 valence electrons. The van der Waals surface area contributed by atoms with Gasteiger partial charge in [-0.1, -0.05) is 0 Å². The topological polar surface area (TPSA) is 68.3 Å². The van der Waals surface area contributed by atoms with Crippen LogP contribution in [0.4, 0.5) is 5.69 Å². The molecule has 0 saturated heterocycles. The molecule has 0 radical (unpaired) electrons. The number of ether oxygens (including phenoxy) is 1. The fourth-order valence-electron chi connectivity index (χ4n) is 1.03. The standard InChI is InChI=1S/C9H14N2O3S/c1-4-15(12,13)11-8-5-7(2)6-10-9(8)14-3/h5-6,11H,4H2,1-3H3. The van der Waals surface area contributed by atoms with Crippen molar-refractivity contribution in [2.75, 3.05) is 17.6 Å². The van der Waals surface area contributed by atoms with Crippen LogP contribution in [0.25, 0.3) is 0 Å². The Morgan fingerprint density at radius 2 is 2.20 bits per heavy atom. The summed E-state index contributed by atoms with van der Waals surface area (Å²) in [6.45, 7) is 3.40. The zero-order valence-electron chi connectivity index (χ0n) is 8.94. The van der Waals surface area contributed by atoms with E-state index in [0.717, 1.165) is 5.56 Å². The summed E-state index contributed by atoms with van der Waals surface area (Å²) in [5.41, 5.74) is 1.24. The first-order valence-corrected chi connectivity index (χ1v) is 6.15. The maximum Gasteiger partial charge on any atom is 0.238 e. The normalized spacial score (nSPS) is 11.1. The van der Waals surface area contributed by atoms with Crippen LogP contribution in [0.1, 0.15) is 12.5 Å². The van der Waals surface area contributed by atoms with Crippen LogP contribution < -0.4 is 9.46 Å². The van der Waals surface area contributed by atoms with Crippen molar-refractivity contribution in [2.24, 2.45) is 0 Å². The van der Waals surface area contributed by atoms with Crippen LogP contribution in [-0.4, -0.2) is 26.3 Å². The third-order valence-corrected chi connectivity index (χ3v) is 3.12. The average Bonchev–Trinajstić information content (AvgIpc) is 2.18. The highest BCUT2D eigenvalue weighted by Crippen LogP contribution is 2.22. The summed E-state index contributed by atoms with van der Waals surface area (Å²) in [6.07, 6.45) is 1.61. The Morgan fingerprint density at radius 3 is 2.73 bits per heavy atom. The largest absolute Gasteiger partial charge is 0.480 e. The summed E-state index contributed by atoms with van der Waals surface area (Å²) in [4.78, 5) is 3.97. The van der Waals surface area contributed by atoms with Gasteiger partial charge in [-0.25, -0.2) is 13.4 Å². The van der Waals surface area contributed by atoms with Gasteiger partial charge in [-0.2, -0.15) is 0 Å². The molecule has 0 unspecified atom stereocenters. The van der Waals surface area contributed by atoms with Crippen LogP contribution in [0.2, 0.25) is 0 Å². The Labute approximate surface area is 89.5 Å². The summed E-state index contributed by atoms with van der Waals surface area (Å²) in [5.74, 6) is 0.294. The van der Waals surface area contributed by atoms with E-state index in [0.29, 0.717) is 5.69 Å². The van der Waals surface area contributed by atoms with E-state index in [1.54, 1.807) is 19.2 Å². The molecule has 1 N–H and O–H groups in total. The van der Waals surface area contributed by atoms with Crippen molar-refractivity contribution >= 4 is 15.7 Å². The second-order valence-electron chi connectivity index (χ2n) is 3.07. The first kappa shape index (κ1) is 11.8. The van der Waals surface area contributed by atoms with Crippen molar-refractivity contribution in [3.63, 3.8) is 0 Å². The predicted molar refractivity (Wildman–Crippen MR) is 58.6 cm³/mol. The molecule has 1 rings (SSSR count). The van der Waals surface area contributed by atoms with E-state index in [1.165, 1.54) is 7.11 Å². The number of rotatable bonds is 4. The van der Waals surface area contributed by atoms with Crippen molar-refractivity contribution in [3.05, 3.63) is 17.8 Å². The van der Waals surface area contributed by atoms with Gasteiger partial charge in [0.15, 0.2) is 0 Å². The SMILES string of the molecule is CCS(=O)(=O)Nc1cc(C)cnc1OC. The van der Waals surface area contributed by atoms with Crippen molar-refractivity contribution in [3.8, 4) is 5.88 Å². The number of nitrogens with zero attached hydrogens (tertiary/aromatic N) is 1. The quantitative estimate of drug-likeness (QED) is 0.842. The number of hydrogen-bond donors (Lipinski definition) is 1. The van der Waals surface area contributed by atoms with Crippen LogP contribution in [0, 0.1) is 6.92 Å². The highest BCUT2D eigenvalue weighted by Gasteiger charge is 2.11. The van der Waals surface area contributed by atoms with Crippen molar-refractivity contribution in [1.82, 2.24) is 4.98 Å². The van der Waals surface area contributed by atoms with Gasteiger partial charge >= 0.3 is 0 Å². The first-order valence-electron chi connectivity index (χ1n) is 4.49. The van der Waals surface area contributed by atoms with Crippen molar-refractivity contribution in [1.29, 1.82) is 0 Å². The molecule has 0 aliphatic carbocycles. The molecular weight excluding hydrogens is 216 g/mol. The van der Waals surface area contributed by atoms with Crippen molar-refractivity contribution in [2.45, 2.75) is 13.8 Å². The number of hydrogen-bond acceptors (Lipinski definition) is 4. The van der Waals surface area contributed by atoms with Crippen LogP contribution in [-0.2, 0) is 10.0 Å². The predicted octanol–water partition coefficient (Wildman–Crippen LogP) is 1.16. The Bertz CT molecular complexity index is 443. The van der Waals surface area contributed by atoms with E-state index < -0.39 is 10.0 Å². The van der Waals surface area contributed by atoms with E-state index in [9.17, 15) is 8.42 Å². The van der Waals surface area contributed by atoms with Gasteiger partial charge in [0.1, 0.15) is 5.69 Å². The minimum absolute atomic E-state index is 0.0180. The molecule has 0 aliphatic rings. The smallest absolute Gasteiger partial charge is 0.238 e. The average molecular weight is 230 g/mol. The van der Waals surface area contributed by atoms with Crippen LogP contribution in [0.5, 0.6) is 5.88 Å².